The van der Waals surface area contributed by atoms with Gasteiger partial charge in [0.25, 0.3) is 0 Å². The van der Waals surface area contributed by atoms with Gasteiger partial charge in [-0.2, -0.15) is 0 Å². The molecule has 0 aromatic rings. The number of ether oxygens (including phenoxy) is 2. The topological polar surface area (TPSA) is 140 Å². The van der Waals surface area contributed by atoms with Gasteiger partial charge in [0.15, 0.2) is 6.29 Å². The Bertz CT molecular complexity index is 622. The molecule has 1 aliphatic heterocycles. The molecule has 0 aromatic carbocycles. The predicted molar refractivity (Wildman–Crippen MR) is 100 cm³/mol. The van der Waals surface area contributed by atoms with Crippen molar-refractivity contribution in [2.24, 2.45) is 0 Å². The van der Waals surface area contributed by atoms with Crippen LogP contribution < -0.4 is 0 Å². The highest BCUT2D eigenvalue weighted by molar-refractivity contribution is 5.32. The molecule has 156 valence electrons. The standard InChI is InChI=1S/C20H28O8/c1-2-3-4-5-7-10-14(23)15(11-8-6-9-12-21)27-20-19(26)18(25)17(24)16(13-22)28-20/h2-3,8,11,14-26H,6,9,12-13H2,1H3/b3-2+,11-8+/t14-,15+,16+,17+,18-,19+,20+/m1/s1. The molecule has 8 nitrogen and oxygen atoms in total. The molecule has 0 bridgehead atoms. The molecule has 1 aliphatic rings. The van der Waals surface area contributed by atoms with Crippen molar-refractivity contribution in [2.75, 3.05) is 13.2 Å². The fourth-order valence-electron chi connectivity index (χ4n) is 2.35. The maximum Gasteiger partial charge on any atom is 0.187 e. The van der Waals surface area contributed by atoms with Gasteiger partial charge in [0.1, 0.15) is 36.6 Å². The van der Waals surface area contributed by atoms with Crippen LogP contribution in [0.3, 0.4) is 0 Å². The van der Waals surface area contributed by atoms with Crippen LogP contribution in [-0.4, -0.2) is 86.8 Å². The molecule has 0 radical (unpaired) electrons. The van der Waals surface area contributed by atoms with Gasteiger partial charge in [-0.25, -0.2) is 0 Å². The molecule has 1 saturated heterocycles. The predicted octanol–water partition coefficient (Wildman–Crippen LogP) is -1.56. The largest absolute Gasteiger partial charge is 0.396 e. The van der Waals surface area contributed by atoms with Crippen LogP contribution in [0.2, 0.25) is 0 Å². The molecular weight excluding hydrogens is 368 g/mol. The second kappa shape index (κ2) is 13.5. The number of unbranched alkanes of at least 4 members (excludes halogenated alkanes) is 1. The van der Waals surface area contributed by atoms with Crippen LogP contribution in [0, 0.1) is 23.7 Å². The van der Waals surface area contributed by atoms with E-state index in [0.29, 0.717) is 12.8 Å². The van der Waals surface area contributed by atoms with E-state index in [2.05, 4.69) is 23.7 Å². The van der Waals surface area contributed by atoms with E-state index in [4.69, 9.17) is 14.6 Å². The van der Waals surface area contributed by atoms with E-state index < -0.39 is 49.5 Å². The summed E-state index contributed by atoms with van der Waals surface area (Å²) in [5, 5.41) is 58.2. The fraction of sp³-hybridized carbons (Fsp3) is 0.600. The highest BCUT2D eigenvalue weighted by Crippen LogP contribution is 2.23. The van der Waals surface area contributed by atoms with Crippen molar-refractivity contribution in [1.82, 2.24) is 0 Å². The maximum atomic E-state index is 10.3. The summed E-state index contributed by atoms with van der Waals surface area (Å²) < 4.78 is 10.9. The van der Waals surface area contributed by atoms with Gasteiger partial charge in [0, 0.05) is 6.61 Å². The number of rotatable bonds is 8. The molecule has 1 rings (SSSR count). The molecule has 0 spiro atoms. The lowest BCUT2D eigenvalue weighted by atomic mass is 9.99. The molecule has 7 atom stereocenters. The lowest BCUT2D eigenvalue weighted by Crippen LogP contribution is -2.60. The van der Waals surface area contributed by atoms with Crippen molar-refractivity contribution in [3.05, 3.63) is 24.3 Å². The molecule has 28 heavy (non-hydrogen) atoms. The SMILES string of the molecule is C/C=C/C#CC#C[C@@H](O)[C@H](/C=C/CCCO)O[C@H]1O[C@@H](CO)[C@H](O)[C@@H](O)[C@@H]1O. The Balaban J connectivity index is 2.92. The molecule has 0 aliphatic carbocycles. The fourth-order valence-corrected chi connectivity index (χ4v) is 2.35. The molecule has 0 saturated carbocycles. The van der Waals surface area contributed by atoms with Gasteiger partial charge in [-0.05, 0) is 37.7 Å². The summed E-state index contributed by atoms with van der Waals surface area (Å²) in [7, 11) is 0. The molecule has 0 amide bonds. The smallest absolute Gasteiger partial charge is 0.187 e. The third kappa shape index (κ3) is 7.72. The molecule has 8 heteroatoms. The van der Waals surface area contributed by atoms with Gasteiger partial charge in [-0.3, -0.25) is 0 Å². The summed E-state index contributed by atoms with van der Waals surface area (Å²) in [5.41, 5.74) is 0. The molecular formula is C20H28O8. The third-order valence-electron chi connectivity index (χ3n) is 3.91. The zero-order valence-corrected chi connectivity index (χ0v) is 15.7. The highest BCUT2D eigenvalue weighted by Gasteiger charge is 2.45. The van der Waals surface area contributed by atoms with Crippen molar-refractivity contribution in [2.45, 2.75) is 62.7 Å². The van der Waals surface area contributed by atoms with Gasteiger partial charge < -0.3 is 40.1 Å². The van der Waals surface area contributed by atoms with Crippen LogP contribution in [0.25, 0.3) is 0 Å². The van der Waals surface area contributed by atoms with Gasteiger partial charge >= 0.3 is 0 Å². The Morgan fingerprint density at radius 1 is 1.11 bits per heavy atom. The first-order valence-corrected chi connectivity index (χ1v) is 9.00. The van der Waals surface area contributed by atoms with Crippen molar-refractivity contribution in [3.63, 3.8) is 0 Å². The van der Waals surface area contributed by atoms with Gasteiger partial charge in [-0.1, -0.05) is 30.1 Å². The Hall–Kier alpha value is -1.72. The van der Waals surface area contributed by atoms with Crippen molar-refractivity contribution >= 4 is 0 Å². The van der Waals surface area contributed by atoms with Crippen LogP contribution >= 0.6 is 0 Å². The van der Waals surface area contributed by atoms with E-state index in [1.165, 1.54) is 6.08 Å². The quantitative estimate of drug-likeness (QED) is 0.165. The summed E-state index contributed by atoms with van der Waals surface area (Å²) in [6, 6.07) is 0. The Kier molecular flexibility index (Phi) is 11.7. The third-order valence-corrected chi connectivity index (χ3v) is 3.91. The first-order valence-electron chi connectivity index (χ1n) is 9.00. The van der Waals surface area contributed by atoms with Gasteiger partial charge in [0.2, 0.25) is 0 Å². The van der Waals surface area contributed by atoms with E-state index in [0.717, 1.165) is 0 Å². The number of aliphatic hydroxyl groups is 6. The lowest BCUT2D eigenvalue weighted by Gasteiger charge is -2.40. The summed E-state index contributed by atoms with van der Waals surface area (Å²) in [6.07, 6.45) is -2.07. The molecule has 1 heterocycles. The number of aliphatic hydroxyl groups excluding tert-OH is 6. The first kappa shape index (κ1) is 24.3. The van der Waals surface area contributed by atoms with Crippen molar-refractivity contribution in [1.29, 1.82) is 0 Å². The van der Waals surface area contributed by atoms with Crippen LogP contribution in [0.5, 0.6) is 0 Å². The number of hydrogen-bond donors (Lipinski definition) is 6. The van der Waals surface area contributed by atoms with Gasteiger partial charge in [0.05, 0.1) is 6.61 Å². The summed E-state index contributed by atoms with van der Waals surface area (Å²) >= 11 is 0. The van der Waals surface area contributed by atoms with E-state index in [-0.39, 0.29) is 6.61 Å². The summed E-state index contributed by atoms with van der Waals surface area (Å²) in [4.78, 5) is 0. The number of allylic oxidation sites excluding steroid dienone is 3. The normalized spacial score (nSPS) is 29.8. The van der Waals surface area contributed by atoms with Crippen LogP contribution in [0.4, 0.5) is 0 Å². The van der Waals surface area contributed by atoms with Crippen LogP contribution in [-0.2, 0) is 9.47 Å². The second-order valence-corrected chi connectivity index (χ2v) is 6.08. The highest BCUT2D eigenvalue weighted by atomic mass is 16.7. The second-order valence-electron chi connectivity index (χ2n) is 6.08. The van der Waals surface area contributed by atoms with E-state index in [9.17, 15) is 25.5 Å². The number of hydrogen-bond acceptors (Lipinski definition) is 8. The minimum atomic E-state index is -1.60. The van der Waals surface area contributed by atoms with Crippen LogP contribution in [0.1, 0.15) is 19.8 Å². The molecule has 6 N–H and O–H groups in total. The van der Waals surface area contributed by atoms with E-state index in [1.54, 1.807) is 25.2 Å². The molecule has 1 fully saturated rings. The van der Waals surface area contributed by atoms with Gasteiger partial charge in [-0.15, -0.1) is 0 Å². The van der Waals surface area contributed by atoms with Crippen molar-refractivity contribution < 1.29 is 40.1 Å². The first-order chi connectivity index (χ1) is 13.5. The summed E-state index contributed by atoms with van der Waals surface area (Å²) in [5.74, 6) is 10.2. The average molecular weight is 396 g/mol. The average Bonchev–Trinajstić information content (AvgIpc) is 2.69. The van der Waals surface area contributed by atoms with Crippen LogP contribution in [0.15, 0.2) is 24.3 Å². The Morgan fingerprint density at radius 3 is 2.50 bits per heavy atom. The minimum absolute atomic E-state index is 0.00543. The van der Waals surface area contributed by atoms with E-state index >= 15 is 0 Å². The zero-order chi connectivity index (χ0) is 20.9. The molecule has 0 unspecified atom stereocenters. The monoisotopic (exact) mass is 396 g/mol. The van der Waals surface area contributed by atoms with Crippen molar-refractivity contribution in [3.8, 4) is 23.7 Å². The maximum absolute atomic E-state index is 10.3. The Labute approximate surface area is 164 Å². The zero-order valence-electron chi connectivity index (χ0n) is 15.7. The van der Waals surface area contributed by atoms with E-state index in [1.807, 2.05) is 0 Å². The summed E-state index contributed by atoms with van der Waals surface area (Å²) in [6.45, 7) is 1.22. The minimum Gasteiger partial charge on any atom is -0.396 e. The Morgan fingerprint density at radius 2 is 1.86 bits per heavy atom. The lowest BCUT2D eigenvalue weighted by molar-refractivity contribution is -0.311. The molecule has 0 aromatic heterocycles.